The monoisotopic (exact) mass is 159 g/mol. The van der Waals surface area contributed by atoms with E-state index in [-0.39, 0.29) is 12.0 Å². The summed E-state index contributed by atoms with van der Waals surface area (Å²) in [5.74, 6) is -0.187. The van der Waals surface area contributed by atoms with Crippen molar-refractivity contribution in [2.45, 2.75) is 39.2 Å². The normalized spacial score (nSPS) is 12.6. The molecular weight excluding hydrogens is 142 g/mol. The summed E-state index contributed by atoms with van der Waals surface area (Å²) in [6, 6.07) is -0.0934. The van der Waals surface area contributed by atoms with Crippen LogP contribution in [0.15, 0.2) is 0 Å². The lowest BCUT2D eigenvalue weighted by Gasteiger charge is -2.05. The summed E-state index contributed by atoms with van der Waals surface area (Å²) in [6.07, 6.45) is 2.31. The van der Waals surface area contributed by atoms with Gasteiger partial charge in [0.1, 0.15) is 0 Å². The highest BCUT2D eigenvalue weighted by atomic mass is 16.5. The predicted molar refractivity (Wildman–Crippen MR) is 44.1 cm³/mol. The summed E-state index contributed by atoms with van der Waals surface area (Å²) < 4.78 is 4.87. The van der Waals surface area contributed by atoms with Gasteiger partial charge in [0.25, 0.3) is 0 Å². The Morgan fingerprint density at radius 3 is 2.73 bits per heavy atom. The smallest absolute Gasteiger partial charge is 0.307 e. The summed E-state index contributed by atoms with van der Waals surface area (Å²) in [4.78, 5) is 10.8. The van der Waals surface area contributed by atoms with Gasteiger partial charge in [-0.2, -0.15) is 0 Å². The maximum Gasteiger partial charge on any atom is 0.307 e. The predicted octanol–water partition coefficient (Wildman–Crippen LogP) is 1.07. The Morgan fingerprint density at radius 2 is 2.27 bits per heavy atom. The largest absolute Gasteiger partial charge is 0.466 e. The Morgan fingerprint density at radius 1 is 1.64 bits per heavy atom. The van der Waals surface area contributed by atoms with Crippen molar-refractivity contribution in [3.63, 3.8) is 0 Å². The van der Waals surface area contributed by atoms with E-state index in [9.17, 15) is 4.79 Å². The van der Waals surface area contributed by atoms with E-state index in [0.29, 0.717) is 13.0 Å². The van der Waals surface area contributed by atoms with Crippen LogP contribution in [0.5, 0.6) is 0 Å². The molecule has 66 valence electrons. The van der Waals surface area contributed by atoms with Crippen LogP contribution < -0.4 is 5.73 Å². The van der Waals surface area contributed by atoms with Gasteiger partial charge < -0.3 is 10.5 Å². The van der Waals surface area contributed by atoms with Gasteiger partial charge in [-0.05, 0) is 13.3 Å². The number of carbonyl (C=O) groups excluding carboxylic acids is 1. The molecule has 0 saturated heterocycles. The molecule has 0 saturated carbocycles. The summed E-state index contributed by atoms with van der Waals surface area (Å²) in [5, 5.41) is 0. The molecule has 2 N–H and O–H groups in total. The molecule has 3 nitrogen and oxygen atoms in total. The zero-order valence-corrected chi connectivity index (χ0v) is 7.30. The second-order valence-electron chi connectivity index (χ2n) is 2.76. The highest BCUT2D eigenvalue weighted by molar-refractivity contribution is 5.69. The van der Waals surface area contributed by atoms with Crippen LogP contribution in [0.2, 0.25) is 0 Å². The fraction of sp³-hybridized carbons (Fsp3) is 0.875. The van der Waals surface area contributed by atoms with Crippen LogP contribution in [0, 0.1) is 0 Å². The third kappa shape index (κ3) is 7.33. The van der Waals surface area contributed by atoms with Crippen LogP contribution in [0.1, 0.15) is 33.1 Å². The van der Waals surface area contributed by atoms with Crippen LogP contribution in [0.3, 0.4) is 0 Å². The second kappa shape index (κ2) is 6.16. The quantitative estimate of drug-likeness (QED) is 0.482. The Balaban J connectivity index is 3.23. The number of carbonyl (C=O) groups is 1. The molecule has 0 radical (unpaired) electrons. The molecule has 0 rings (SSSR count). The van der Waals surface area contributed by atoms with Crippen molar-refractivity contribution in [2.75, 3.05) is 6.61 Å². The van der Waals surface area contributed by atoms with Gasteiger partial charge in [0.2, 0.25) is 0 Å². The summed E-state index contributed by atoms with van der Waals surface area (Å²) in [6.45, 7) is 4.38. The number of ether oxygens (including phenoxy) is 1. The first-order chi connectivity index (χ1) is 5.16. The fourth-order valence-corrected chi connectivity index (χ4v) is 0.652. The third-order valence-corrected chi connectivity index (χ3v) is 1.25. The Bertz CT molecular complexity index is 113. The van der Waals surface area contributed by atoms with Crippen LogP contribution in [0.25, 0.3) is 0 Å². The van der Waals surface area contributed by atoms with Crippen molar-refractivity contribution in [1.82, 2.24) is 0 Å². The third-order valence-electron chi connectivity index (χ3n) is 1.25. The van der Waals surface area contributed by atoms with Gasteiger partial charge in [-0.25, -0.2) is 0 Å². The van der Waals surface area contributed by atoms with Crippen LogP contribution >= 0.6 is 0 Å². The van der Waals surface area contributed by atoms with E-state index < -0.39 is 0 Å². The molecular formula is C8H17NO2. The van der Waals surface area contributed by atoms with E-state index in [4.69, 9.17) is 10.5 Å². The molecule has 0 heterocycles. The van der Waals surface area contributed by atoms with Crippen LogP contribution in [-0.4, -0.2) is 18.6 Å². The zero-order valence-electron chi connectivity index (χ0n) is 7.30. The molecule has 0 bridgehead atoms. The van der Waals surface area contributed by atoms with Gasteiger partial charge in [0, 0.05) is 6.04 Å². The number of unbranched alkanes of at least 4 members (excludes halogenated alkanes) is 1. The number of hydrogen-bond acceptors (Lipinski definition) is 3. The van der Waals surface area contributed by atoms with Gasteiger partial charge in [0.05, 0.1) is 13.0 Å². The van der Waals surface area contributed by atoms with Gasteiger partial charge in [-0.3, -0.25) is 4.79 Å². The second-order valence-corrected chi connectivity index (χ2v) is 2.76. The standard InChI is InChI=1S/C8H17NO2/c1-3-4-5-11-8(10)6-7(2)9/h7H,3-6,9H2,1-2H3/t7-/m1/s1. The summed E-state index contributed by atoms with van der Waals surface area (Å²) in [5.41, 5.74) is 5.40. The first-order valence-electron chi connectivity index (χ1n) is 4.08. The van der Waals surface area contributed by atoms with Crippen molar-refractivity contribution < 1.29 is 9.53 Å². The lowest BCUT2D eigenvalue weighted by atomic mass is 10.2. The summed E-state index contributed by atoms with van der Waals surface area (Å²) >= 11 is 0. The van der Waals surface area contributed by atoms with Crippen LogP contribution in [0.4, 0.5) is 0 Å². The highest BCUT2D eigenvalue weighted by Gasteiger charge is 2.04. The maximum atomic E-state index is 10.8. The Kier molecular flexibility index (Phi) is 5.84. The Hall–Kier alpha value is -0.570. The molecule has 0 spiro atoms. The zero-order chi connectivity index (χ0) is 8.69. The van der Waals surface area contributed by atoms with Crippen molar-refractivity contribution in [3.8, 4) is 0 Å². The van der Waals surface area contributed by atoms with E-state index in [1.54, 1.807) is 6.92 Å². The van der Waals surface area contributed by atoms with E-state index in [1.807, 2.05) is 0 Å². The van der Waals surface area contributed by atoms with Gasteiger partial charge in [-0.15, -0.1) is 0 Å². The molecule has 0 amide bonds. The molecule has 0 aliphatic rings. The maximum absolute atomic E-state index is 10.8. The highest BCUT2D eigenvalue weighted by Crippen LogP contribution is 1.93. The van der Waals surface area contributed by atoms with E-state index in [2.05, 4.69) is 6.92 Å². The van der Waals surface area contributed by atoms with Crippen molar-refractivity contribution in [3.05, 3.63) is 0 Å². The topological polar surface area (TPSA) is 52.3 Å². The number of rotatable bonds is 5. The van der Waals surface area contributed by atoms with E-state index in [1.165, 1.54) is 0 Å². The molecule has 0 aliphatic heterocycles. The van der Waals surface area contributed by atoms with E-state index in [0.717, 1.165) is 12.8 Å². The lowest BCUT2D eigenvalue weighted by Crippen LogP contribution is -2.21. The lowest BCUT2D eigenvalue weighted by molar-refractivity contribution is -0.144. The fourth-order valence-electron chi connectivity index (χ4n) is 0.652. The SMILES string of the molecule is CCCCOC(=O)C[C@@H](C)N. The molecule has 0 aromatic carbocycles. The minimum atomic E-state index is -0.187. The number of esters is 1. The van der Waals surface area contributed by atoms with Gasteiger partial charge in [0.15, 0.2) is 0 Å². The molecule has 0 unspecified atom stereocenters. The molecule has 0 fully saturated rings. The van der Waals surface area contributed by atoms with Crippen LogP contribution in [-0.2, 0) is 9.53 Å². The molecule has 11 heavy (non-hydrogen) atoms. The molecule has 1 atom stereocenters. The Labute approximate surface area is 67.9 Å². The molecule has 0 aromatic rings. The van der Waals surface area contributed by atoms with Crippen molar-refractivity contribution in [2.24, 2.45) is 5.73 Å². The molecule has 3 heteroatoms. The van der Waals surface area contributed by atoms with E-state index >= 15 is 0 Å². The first-order valence-corrected chi connectivity index (χ1v) is 4.08. The average molecular weight is 159 g/mol. The molecule has 0 aliphatic carbocycles. The number of hydrogen-bond donors (Lipinski definition) is 1. The van der Waals surface area contributed by atoms with Gasteiger partial charge >= 0.3 is 5.97 Å². The average Bonchev–Trinajstić information content (AvgIpc) is 1.86. The molecule has 0 aromatic heterocycles. The minimum Gasteiger partial charge on any atom is -0.466 e. The van der Waals surface area contributed by atoms with Crippen molar-refractivity contribution in [1.29, 1.82) is 0 Å². The number of nitrogens with two attached hydrogens (primary N) is 1. The van der Waals surface area contributed by atoms with Crippen molar-refractivity contribution >= 4 is 5.97 Å². The minimum absolute atomic E-state index is 0.0934. The summed E-state index contributed by atoms with van der Waals surface area (Å²) in [7, 11) is 0. The first kappa shape index (κ1) is 10.4. The van der Waals surface area contributed by atoms with Gasteiger partial charge in [-0.1, -0.05) is 13.3 Å².